The van der Waals surface area contributed by atoms with Crippen molar-refractivity contribution in [2.75, 3.05) is 0 Å². The molecule has 0 aliphatic heterocycles. The minimum absolute atomic E-state index is 0.408. The van der Waals surface area contributed by atoms with Crippen molar-refractivity contribution in [3.05, 3.63) is 11.4 Å². The molecule has 0 amide bonds. The van der Waals surface area contributed by atoms with Crippen LogP contribution >= 0.6 is 0 Å². The molecule has 1 aromatic heterocycles. The number of hydrogen-bond acceptors (Lipinski definition) is 3. The lowest BCUT2D eigenvalue weighted by Gasteiger charge is -2.06. The first-order chi connectivity index (χ1) is 8.36. The molecule has 1 aromatic rings. The normalized spacial score (nSPS) is 19.2. The summed E-state index contributed by atoms with van der Waals surface area (Å²) in [6.45, 7) is 0.991. The maximum Gasteiger partial charge on any atom is 0.0999 e. The molecule has 0 aromatic carbocycles. The smallest absolute Gasteiger partial charge is 0.0999 e. The van der Waals surface area contributed by atoms with Crippen LogP contribution in [0.4, 0.5) is 0 Å². The van der Waals surface area contributed by atoms with E-state index < -0.39 is 0 Å². The van der Waals surface area contributed by atoms with Gasteiger partial charge in [0.2, 0.25) is 0 Å². The molecule has 4 nitrogen and oxygen atoms in total. The standard InChI is InChI=1S/C13H18N4/c14-7-5-12-13(9-11-3-4-11)17(16-15-12)8-6-10-1-2-10/h10-11H,1-6,8-9H2. The Balaban J connectivity index is 1.72. The van der Waals surface area contributed by atoms with Crippen molar-refractivity contribution < 1.29 is 0 Å². The molecule has 0 unspecified atom stereocenters. The molecular weight excluding hydrogens is 212 g/mol. The molecule has 3 rings (SSSR count). The van der Waals surface area contributed by atoms with Gasteiger partial charge in [-0.3, -0.25) is 0 Å². The summed E-state index contributed by atoms with van der Waals surface area (Å²) in [6.07, 6.45) is 8.15. The predicted molar refractivity (Wildman–Crippen MR) is 63.1 cm³/mol. The monoisotopic (exact) mass is 230 g/mol. The lowest BCUT2D eigenvalue weighted by molar-refractivity contribution is 0.508. The minimum atomic E-state index is 0.408. The van der Waals surface area contributed by atoms with Crippen LogP contribution in [0.1, 0.15) is 43.5 Å². The van der Waals surface area contributed by atoms with Crippen molar-refractivity contribution in [1.29, 1.82) is 5.26 Å². The third kappa shape index (κ3) is 2.66. The van der Waals surface area contributed by atoms with Gasteiger partial charge in [-0.25, -0.2) is 4.68 Å². The van der Waals surface area contributed by atoms with Crippen LogP contribution in [0.5, 0.6) is 0 Å². The number of nitriles is 1. The van der Waals surface area contributed by atoms with E-state index in [1.165, 1.54) is 37.8 Å². The maximum atomic E-state index is 8.80. The van der Waals surface area contributed by atoms with Crippen LogP contribution in [0.15, 0.2) is 0 Å². The van der Waals surface area contributed by atoms with E-state index in [1.54, 1.807) is 0 Å². The first-order valence-electron chi connectivity index (χ1n) is 6.65. The molecule has 1 heterocycles. The van der Waals surface area contributed by atoms with Crippen LogP contribution in [0.3, 0.4) is 0 Å². The Kier molecular flexibility index (Phi) is 2.84. The van der Waals surface area contributed by atoms with E-state index in [4.69, 9.17) is 5.26 Å². The summed E-state index contributed by atoms with van der Waals surface area (Å²) < 4.78 is 2.06. The summed E-state index contributed by atoms with van der Waals surface area (Å²) in [7, 11) is 0. The van der Waals surface area contributed by atoms with Crippen molar-refractivity contribution >= 4 is 0 Å². The van der Waals surface area contributed by atoms with Crippen molar-refractivity contribution in [3.63, 3.8) is 0 Å². The Morgan fingerprint density at radius 2 is 2.00 bits per heavy atom. The zero-order valence-corrected chi connectivity index (χ0v) is 10.1. The van der Waals surface area contributed by atoms with Gasteiger partial charge >= 0.3 is 0 Å². The summed E-state index contributed by atoms with van der Waals surface area (Å²) in [5.41, 5.74) is 2.14. The number of aromatic nitrogens is 3. The summed E-state index contributed by atoms with van der Waals surface area (Å²) in [5, 5.41) is 17.2. The molecule has 0 radical (unpaired) electrons. The predicted octanol–water partition coefficient (Wildman–Crippen LogP) is 2.10. The molecule has 4 heteroatoms. The van der Waals surface area contributed by atoms with Crippen molar-refractivity contribution in [2.24, 2.45) is 11.8 Å². The zero-order chi connectivity index (χ0) is 11.7. The van der Waals surface area contributed by atoms with Crippen LogP contribution in [-0.2, 0) is 19.4 Å². The fourth-order valence-electron chi connectivity index (χ4n) is 2.29. The zero-order valence-electron chi connectivity index (χ0n) is 10.1. The molecule has 90 valence electrons. The summed E-state index contributed by atoms with van der Waals surface area (Å²) >= 11 is 0. The highest BCUT2D eigenvalue weighted by Gasteiger charge is 2.27. The third-order valence-corrected chi connectivity index (χ3v) is 3.79. The van der Waals surface area contributed by atoms with Gasteiger partial charge in [-0.2, -0.15) is 5.26 Å². The van der Waals surface area contributed by atoms with E-state index in [0.717, 1.165) is 30.5 Å². The first-order valence-corrected chi connectivity index (χ1v) is 6.65. The SMILES string of the molecule is N#CCc1nnn(CCC2CC2)c1CC1CC1. The average molecular weight is 230 g/mol. The molecular formula is C13H18N4. The second-order valence-corrected chi connectivity index (χ2v) is 5.42. The molecule has 2 saturated carbocycles. The highest BCUT2D eigenvalue weighted by Crippen LogP contribution is 2.35. The van der Waals surface area contributed by atoms with Crippen LogP contribution in [0.2, 0.25) is 0 Å². The third-order valence-electron chi connectivity index (χ3n) is 3.79. The van der Waals surface area contributed by atoms with E-state index in [2.05, 4.69) is 21.1 Å². The summed E-state index contributed by atoms with van der Waals surface area (Å²) in [6, 6.07) is 2.19. The quantitative estimate of drug-likeness (QED) is 0.752. The van der Waals surface area contributed by atoms with Gasteiger partial charge in [0.15, 0.2) is 0 Å². The van der Waals surface area contributed by atoms with E-state index >= 15 is 0 Å². The number of nitrogens with zero attached hydrogens (tertiary/aromatic N) is 4. The van der Waals surface area contributed by atoms with Gasteiger partial charge in [0, 0.05) is 6.54 Å². The van der Waals surface area contributed by atoms with Gasteiger partial charge in [-0.15, -0.1) is 5.10 Å². The molecule has 0 saturated heterocycles. The minimum Gasteiger partial charge on any atom is -0.249 e. The van der Waals surface area contributed by atoms with Crippen LogP contribution in [-0.4, -0.2) is 15.0 Å². The topological polar surface area (TPSA) is 54.5 Å². The average Bonchev–Trinajstić information content (AvgIpc) is 3.21. The Morgan fingerprint density at radius 1 is 1.24 bits per heavy atom. The molecule has 0 bridgehead atoms. The van der Waals surface area contributed by atoms with Crippen LogP contribution in [0, 0.1) is 23.2 Å². The molecule has 0 N–H and O–H groups in total. The van der Waals surface area contributed by atoms with Gasteiger partial charge in [0.25, 0.3) is 0 Å². The molecule has 2 aliphatic rings. The van der Waals surface area contributed by atoms with Crippen LogP contribution in [0.25, 0.3) is 0 Å². The van der Waals surface area contributed by atoms with E-state index in [0.29, 0.717) is 6.42 Å². The number of rotatable bonds is 6. The molecule has 0 spiro atoms. The lowest BCUT2D eigenvalue weighted by atomic mass is 10.1. The number of aryl methyl sites for hydroxylation is 1. The fraction of sp³-hybridized carbons (Fsp3) is 0.769. The molecule has 2 aliphatic carbocycles. The highest BCUT2D eigenvalue weighted by atomic mass is 15.4. The molecule has 17 heavy (non-hydrogen) atoms. The Labute approximate surface area is 102 Å². The van der Waals surface area contributed by atoms with Crippen LogP contribution < -0.4 is 0 Å². The highest BCUT2D eigenvalue weighted by molar-refractivity contribution is 5.16. The van der Waals surface area contributed by atoms with Gasteiger partial charge < -0.3 is 0 Å². The molecule has 2 fully saturated rings. The summed E-state index contributed by atoms with van der Waals surface area (Å²) in [5.74, 6) is 1.75. The van der Waals surface area contributed by atoms with Gasteiger partial charge in [0.05, 0.1) is 23.9 Å². The largest absolute Gasteiger partial charge is 0.249 e. The van der Waals surface area contributed by atoms with Crippen molar-refractivity contribution in [2.45, 2.75) is 51.5 Å². The van der Waals surface area contributed by atoms with Gasteiger partial charge in [0.1, 0.15) is 0 Å². The number of hydrogen-bond donors (Lipinski definition) is 0. The van der Waals surface area contributed by atoms with Gasteiger partial charge in [-0.05, 0) is 37.5 Å². The molecule has 0 atom stereocenters. The maximum absolute atomic E-state index is 8.80. The Bertz CT molecular complexity index is 435. The van der Waals surface area contributed by atoms with E-state index in [9.17, 15) is 0 Å². The lowest BCUT2D eigenvalue weighted by Crippen LogP contribution is -2.08. The fourth-order valence-corrected chi connectivity index (χ4v) is 2.29. The Morgan fingerprint density at radius 3 is 2.65 bits per heavy atom. The van der Waals surface area contributed by atoms with E-state index in [1.807, 2.05) is 0 Å². The van der Waals surface area contributed by atoms with Gasteiger partial charge in [-0.1, -0.05) is 18.1 Å². The van der Waals surface area contributed by atoms with E-state index in [-0.39, 0.29) is 0 Å². The first kappa shape index (κ1) is 10.8. The van der Waals surface area contributed by atoms with Crippen molar-refractivity contribution in [1.82, 2.24) is 15.0 Å². The Hall–Kier alpha value is -1.37. The second kappa shape index (κ2) is 4.48. The second-order valence-electron chi connectivity index (χ2n) is 5.42. The van der Waals surface area contributed by atoms with Crippen molar-refractivity contribution in [3.8, 4) is 6.07 Å². The summed E-state index contributed by atoms with van der Waals surface area (Å²) in [4.78, 5) is 0.